The number of nitrogens with zero attached hydrogens (tertiary/aromatic N) is 2. The molecule has 0 atom stereocenters. The van der Waals surface area contributed by atoms with Crippen LogP contribution in [0.5, 0.6) is 0 Å². The summed E-state index contributed by atoms with van der Waals surface area (Å²) in [5.41, 5.74) is 0. The molecule has 0 saturated carbocycles. The highest BCUT2D eigenvalue weighted by Gasteiger charge is 2.28. The molecule has 15 heavy (non-hydrogen) atoms. The van der Waals surface area contributed by atoms with Crippen LogP contribution in [0.25, 0.3) is 0 Å². The van der Waals surface area contributed by atoms with Gasteiger partial charge in [0.05, 0.1) is 0 Å². The van der Waals surface area contributed by atoms with E-state index in [1.165, 1.54) is 4.90 Å². The Hall–Kier alpha value is -1.59. The van der Waals surface area contributed by atoms with Gasteiger partial charge in [0.15, 0.2) is 0 Å². The Balaban J connectivity index is 2.66. The van der Waals surface area contributed by atoms with Gasteiger partial charge >= 0.3 is 6.03 Å². The second kappa shape index (κ2) is 4.77. The zero-order valence-electron chi connectivity index (χ0n) is 8.95. The smallest absolute Gasteiger partial charge is 0.320 e. The SMILES string of the molecule is CCN(CC)C(=O)N1CC(=O)NC(=O)C1. The lowest BCUT2D eigenvalue weighted by molar-refractivity contribution is -0.135. The molecule has 1 aliphatic heterocycles. The van der Waals surface area contributed by atoms with Gasteiger partial charge in [0.1, 0.15) is 13.1 Å². The first-order valence-electron chi connectivity index (χ1n) is 4.95. The van der Waals surface area contributed by atoms with Crippen molar-refractivity contribution in [1.29, 1.82) is 0 Å². The third-order valence-corrected chi connectivity index (χ3v) is 2.25. The number of imide groups is 1. The minimum absolute atomic E-state index is 0.0406. The Bertz CT molecular complexity index is 270. The maximum atomic E-state index is 11.8. The summed E-state index contributed by atoms with van der Waals surface area (Å²) >= 11 is 0. The maximum Gasteiger partial charge on any atom is 0.320 e. The van der Waals surface area contributed by atoms with E-state index in [9.17, 15) is 14.4 Å². The quantitative estimate of drug-likeness (QED) is 0.623. The summed E-state index contributed by atoms with van der Waals surface area (Å²) in [5.74, 6) is -0.849. The molecular formula is C9H15N3O3. The van der Waals surface area contributed by atoms with E-state index < -0.39 is 11.8 Å². The molecular weight excluding hydrogens is 198 g/mol. The number of amides is 4. The zero-order valence-corrected chi connectivity index (χ0v) is 8.95. The van der Waals surface area contributed by atoms with Crippen molar-refractivity contribution in [3.05, 3.63) is 0 Å². The van der Waals surface area contributed by atoms with E-state index >= 15 is 0 Å². The number of rotatable bonds is 2. The molecule has 0 aromatic carbocycles. The Morgan fingerprint density at radius 1 is 1.27 bits per heavy atom. The summed E-state index contributed by atoms with van der Waals surface area (Å²) < 4.78 is 0. The van der Waals surface area contributed by atoms with Crippen LogP contribution in [-0.4, -0.2) is 53.8 Å². The summed E-state index contributed by atoms with van der Waals surface area (Å²) in [6.07, 6.45) is 0. The Kier molecular flexibility index (Phi) is 3.65. The summed E-state index contributed by atoms with van der Waals surface area (Å²) in [7, 11) is 0. The third kappa shape index (κ3) is 2.68. The van der Waals surface area contributed by atoms with Crippen LogP contribution in [0.2, 0.25) is 0 Å². The van der Waals surface area contributed by atoms with Gasteiger partial charge in [-0.15, -0.1) is 0 Å². The monoisotopic (exact) mass is 213 g/mol. The van der Waals surface area contributed by atoms with E-state index in [0.717, 1.165) is 0 Å². The number of carbonyl (C=O) groups is 3. The van der Waals surface area contributed by atoms with Crippen LogP contribution in [-0.2, 0) is 9.59 Å². The van der Waals surface area contributed by atoms with Crippen LogP contribution in [0, 0.1) is 0 Å². The van der Waals surface area contributed by atoms with Crippen molar-refractivity contribution in [3.8, 4) is 0 Å². The summed E-state index contributed by atoms with van der Waals surface area (Å²) in [6.45, 7) is 4.77. The fourth-order valence-corrected chi connectivity index (χ4v) is 1.47. The van der Waals surface area contributed by atoms with Gasteiger partial charge in [0.25, 0.3) is 0 Å². The van der Waals surface area contributed by atoms with Gasteiger partial charge in [-0.3, -0.25) is 14.9 Å². The maximum absolute atomic E-state index is 11.8. The standard InChI is InChI=1S/C9H15N3O3/c1-3-11(4-2)9(15)12-5-7(13)10-8(14)6-12/h3-6H2,1-2H3,(H,10,13,14). The first-order chi connectivity index (χ1) is 7.08. The molecule has 0 aromatic rings. The van der Waals surface area contributed by atoms with Crippen LogP contribution in [0.15, 0.2) is 0 Å². The van der Waals surface area contributed by atoms with Crippen LogP contribution >= 0.6 is 0 Å². The molecule has 1 aliphatic rings. The molecule has 1 saturated heterocycles. The van der Waals surface area contributed by atoms with Crippen molar-refractivity contribution in [3.63, 3.8) is 0 Å². The largest absolute Gasteiger partial charge is 0.325 e. The van der Waals surface area contributed by atoms with Crippen molar-refractivity contribution in [2.75, 3.05) is 26.2 Å². The second-order valence-corrected chi connectivity index (χ2v) is 3.28. The minimum Gasteiger partial charge on any atom is -0.325 e. The molecule has 6 nitrogen and oxygen atoms in total. The fraction of sp³-hybridized carbons (Fsp3) is 0.667. The first-order valence-corrected chi connectivity index (χ1v) is 4.95. The van der Waals surface area contributed by atoms with E-state index in [4.69, 9.17) is 0 Å². The lowest BCUT2D eigenvalue weighted by Crippen LogP contribution is -2.56. The predicted molar refractivity (Wildman–Crippen MR) is 53.0 cm³/mol. The van der Waals surface area contributed by atoms with Gasteiger partial charge < -0.3 is 9.80 Å². The number of hydrogen-bond acceptors (Lipinski definition) is 3. The Morgan fingerprint density at radius 3 is 2.13 bits per heavy atom. The van der Waals surface area contributed by atoms with Crippen LogP contribution in [0.1, 0.15) is 13.8 Å². The summed E-state index contributed by atoms with van der Waals surface area (Å²) in [5, 5.41) is 2.15. The van der Waals surface area contributed by atoms with E-state index in [1.54, 1.807) is 4.90 Å². The molecule has 0 spiro atoms. The van der Waals surface area contributed by atoms with Gasteiger partial charge in [-0.1, -0.05) is 0 Å². The number of piperazine rings is 1. The van der Waals surface area contributed by atoms with Crippen molar-refractivity contribution in [2.45, 2.75) is 13.8 Å². The molecule has 4 amide bonds. The van der Waals surface area contributed by atoms with Gasteiger partial charge in [-0.05, 0) is 13.8 Å². The van der Waals surface area contributed by atoms with Gasteiger partial charge in [0, 0.05) is 13.1 Å². The van der Waals surface area contributed by atoms with E-state index in [2.05, 4.69) is 5.32 Å². The summed E-state index contributed by atoms with van der Waals surface area (Å²) in [6, 6.07) is -0.261. The van der Waals surface area contributed by atoms with Gasteiger partial charge in [-0.25, -0.2) is 4.79 Å². The van der Waals surface area contributed by atoms with Gasteiger partial charge in [-0.2, -0.15) is 0 Å². The molecule has 0 radical (unpaired) electrons. The molecule has 1 rings (SSSR count). The van der Waals surface area contributed by atoms with E-state index in [0.29, 0.717) is 13.1 Å². The predicted octanol–water partition coefficient (Wildman–Crippen LogP) is -0.593. The first kappa shape index (κ1) is 11.5. The third-order valence-electron chi connectivity index (χ3n) is 2.25. The number of urea groups is 1. The zero-order chi connectivity index (χ0) is 11.4. The van der Waals surface area contributed by atoms with Crippen LogP contribution in [0.3, 0.4) is 0 Å². The van der Waals surface area contributed by atoms with Crippen molar-refractivity contribution >= 4 is 17.8 Å². The lowest BCUT2D eigenvalue weighted by atomic mass is 10.3. The van der Waals surface area contributed by atoms with Crippen LogP contribution in [0.4, 0.5) is 4.79 Å². The van der Waals surface area contributed by atoms with Gasteiger partial charge in [0.2, 0.25) is 11.8 Å². The molecule has 1 heterocycles. The number of nitrogens with one attached hydrogen (secondary N) is 1. The minimum atomic E-state index is -0.424. The van der Waals surface area contributed by atoms with Crippen LogP contribution < -0.4 is 5.32 Å². The van der Waals surface area contributed by atoms with E-state index in [1.807, 2.05) is 13.8 Å². The topological polar surface area (TPSA) is 69.7 Å². The molecule has 1 fully saturated rings. The van der Waals surface area contributed by atoms with Crippen molar-refractivity contribution < 1.29 is 14.4 Å². The summed E-state index contributed by atoms with van der Waals surface area (Å²) in [4.78, 5) is 36.7. The van der Waals surface area contributed by atoms with E-state index in [-0.39, 0.29) is 19.1 Å². The highest BCUT2D eigenvalue weighted by molar-refractivity contribution is 6.02. The highest BCUT2D eigenvalue weighted by Crippen LogP contribution is 2.01. The second-order valence-electron chi connectivity index (χ2n) is 3.28. The van der Waals surface area contributed by atoms with Crippen molar-refractivity contribution in [2.24, 2.45) is 0 Å². The molecule has 0 aliphatic carbocycles. The molecule has 0 aromatic heterocycles. The fourth-order valence-electron chi connectivity index (χ4n) is 1.47. The number of hydrogen-bond donors (Lipinski definition) is 1. The number of carbonyl (C=O) groups excluding carboxylic acids is 3. The molecule has 0 bridgehead atoms. The normalized spacial score (nSPS) is 16.3. The average Bonchev–Trinajstić information content (AvgIpc) is 2.18. The highest BCUT2D eigenvalue weighted by atomic mass is 16.2. The average molecular weight is 213 g/mol. The molecule has 84 valence electrons. The van der Waals surface area contributed by atoms with Crippen molar-refractivity contribution in [1.82, 2.24) is 15.1 Å². The Labute approximate surface area is 88.2 Å². The Morgan fingerprint density at radius 2 is 1.73 bits per heavy atom. The molecule has 0 unspecified atom stereocenters. The molecule has 1 N–H and O–H groups in total. The lowest BCUT2D eigenvalue weighted by Gasteiger charge is -2.30. The molecule has 6 heteroatoms.